The number of rotatable bonds is 8. The summed E-state index contributed by atoms with van der Waals surface area (Å²) in [5.74, 6) is 0.864. The van der Waals surface area contributed by atoms with E-state index in [2.05, 4.69) is 219 Å². The Kier molecular flexibility index (Phi) is 9.24. The van der Waals surface area contributed by atoms with Gasteiger partial charge in [0.25, 0.3) is 0 Å². The van der Waals surface area contributed by atoms with E-state index in [0.717, 1.165) is 143 Å². The van der Waals surface area contributed by atoms with Gasteiger partial charge in [-0.3, -0.25) is 0 Å². The van der Waals surface area contributed by atoms with Gasteiger partial charge < -0.3 is 27.5 Å². The van der Waals surface area contributed by atoms with Gasteiger partial charge >= 0.3 is 0 Å². The fourth-order valence-corrected chi connectivity index (χ4v) is 11.4. The van der Waals surface area contributed by atoms with Crippen LogP contribution >= 0.6 is 0 Å². The molecule has 4 heterocycles. The molecule has 0 bridgehead atoms. The number of fused-ring (bicyclic) bond motifs is 14. The summed E-state index contributed by atoms with van der Waals surface area (Å²) in [5.41, 5.74) is 15.7. The van der Waals surface area contributed by atoms with Crippen LogP contribution in [0, 0.1) is 0 Å². The molecule has 0 N–H and O–H groups in total. The molecule has 6 heteroatoms. The number of nitrogens with zero attached hydrogens (tertiary/aromatic N) is 2. The Bertz CT molecular complexity index is 4440. The maximum absolute atomic E-state index is 6.77. The Morgan fingerprint density at radius 2 is 0.568 bits per heavy atom. The average molecular weight is 957 g/mol. The second kappa shape index (κ2) is 16.1. The van der Waals surface area contributed by atoms with E-state index in [1.807, 2.05) is 24.3 Å². The fraction of sp³-hybridized carbons (Fsp3) is 0.0882. The van der Waals surface area contributed by atoms with E-state index in [1.54, 1.807) is 0 Å². The molecule has 0 aliphatic rings. The zero-order chi connectivity index (χ0) is 49.3. The molecule has 74 heavy (non-hydrogen) atoms. The monoisotopic (exact) mass is 956 g/mol. The standard InChI is InChI=1S/C68H48N2O4/c1-39(2)41-13-19-47(20-14-41)69(51-25-27-55-53-9-5-7-11-61(53)71-65(55)35-51)49-23-17-43-31-57-59-37-68-60(38-67(59)73-63(57)33-45(43)29-49)58-32-44-18-24-50(30-46(44)34-64(58)74-68)70(48-21-15-42(16-22-48)40(3)4)52-26-28-56-54-10-6-8-12-62(54)72-66(56)36-52/h5-40H,1-4H3. The fourth-order valence-electron chi connectivity index (χ4n) is 11.4. The third-order valence-corrected chi connectivity index (χ3v) is 15.3. The van der Waals surface area contributed by atoms with E-state index in [0.29, 0.717) is 11.8 Å². The van der Waals surface area contributed by atoms with Crippen molar-refractivity contribution in [1.82, 2.24) is 0 Å². The Labute approximate surface area is 425 Å². The van der Waals surface area contributed by atoms with Crippen LogP contribution in [0.3, 0.4) is 0 Å². The van der Waals surface area contributed by atoms with Crippen molar-refractivity contribution < 1.29 is 17.7 Å². The molecule has 6 nitrogen and oxygen atoms in total. The van der Waals surface area contributed by atoms with E-state index in [1.165, 1.54) is 11.1 Å². The molecule has 4 aromatic heterocycles. The van der Waals surface area contributed by atoms with Gasteiger partial charge in [0.2, 0.25) is 0 Å². The van der Waals surface area contributed by atoms with Crippen molar-refractivity contribution in [2.75, 3.05) is 9.80 Å². The third-order valence-electron chi connectivity index (χ3n) is 15.3. The van der Waals surface area contributed by atoms with E-state index in [-0.39, 0.29) is 0 Å². The summed E-state index contributed by atoms with van der Waals surface area (Å²) < 4.78 is 26.3. The Morgan fingerprint density at radius 1 is 0.243 bits per heavy atom. The Balaban J connectivity index is 0.812. The van der Waals surface area contributed by atoms with Crippen LogP contribution in [0.2, 0.25) is 0 Å². The summed E-state index contributed by atoms with van der Waals surface area (Å²) in [6.45, 7) is 8.92. The van der Waals surface area contributed by atoms with Crippen molar-refractivity contribution in [2.24, 2.45) is 0 Å². The minimum absolute atomic E-state index is 0.432. The molecule has 0 amide bonds. The highest BCUT2D eigenvalue weighted by molar-refractivity contribution is 6.18. The first kappa shape index (κ1) is 42.4. The van der Waals surface area contributed by atoms with E-state index in [9.17, 15) is 0 Å². The van der Waals surface area contributed by atoms with Gasteiger partial charge in [-0.1, -0.05) is 100 Å². The molecule has 0 spiro atoms. The summed E-state index contributed by atoms with van der Waals surface area (Å²) in [4.78, 5) is 4.63. The highest BCUT2D eigenvalue weighted by Crippen LogP contribution is 2.45. The second-order valence-electron chi connectivity index (χ2n) is 20.5. The van der Waals surface area contributed by atoms with Gasteiger partial charge in [0, 0.05) is 89.3 Å². The lowest BCUT2D eigenvalue weighted by Gasteiger charge is -2.26. The molecule has 15 rings (SSSR count). The minimum atomic E-state index is 0.432. The molecule has 0 radical (unpaired) electrons. The van der Waals surface area contributed by atoms with Crippen molar-refractivity contribution in [1.29, 1.82) is 0 Å². The smallest absolute Gasteiger partial charge is 0.137 e. The van der Waals surface area contributed by atoms with Crippen LogP contribution in [0.4, 0.5) is 34.1 Å². The van der Waals surface area contributed by atoms with Gasteiger partial charge in [-0.15, -0.1) is 0 Å². The van der Waals surface area contributed by atoms with Gasteiger partial charge in [-0.25, -0.2) is 0 Å². The average Bonchev–Trinajstić information content (AvgIpc) is 4.18. The van der Waals surface area contributed by atoms with E-state index >= 15 is 0 Å². The first-order chi connectivity index (χ1) is 36.2. The van der Waals surface area contributed by atoms with Crippen molar-refractivity contribution in [3.63, 3.8) is 0 Å². The Hall–Kier alpha value is -9.26. The normalized spacial score (nSPS) is 12.3. The molecule has 0 saturated carbocycles. The summed E-state index contributed by atoms with van der Waals surface area (Å²) in [6, 6.07) is 73.9. The quantitative estimate of drug-likeness (QED) is 0.151. The predicted octanol–water partition coefficient (Wildman–Crippen LogP) is 20.8. The van der Waals surface area contributed by atoms with Crippen LogP contribution in [0.25, 0.3) is 109 Å². The topological polar surface area (TPSA) is 59.0 Å². The summed E-state index contributed by atoms with van der Waals surface area (Å²) >= 11 is 0. The van der Waals surface area contributed by atoms with Crippen LogP contribution in [-0.2, 0) is 0 Å². The second-order valence-corrected chi connectivity index (χ2v) is 20.5. The molecular weight excluding hydrogens is 909 g/mol. The lowest BCUT2D eigenvalue weighted by Crippen LogP contribution is -2.10. The molecule has 11 aromatic carbocycles. The molecule has 0 saturated heterocycles. The van der Waals surface area contributed by atoms with Gasteiger partial charge in [0.05, 0.1) is 0 Å². The van der Waals surface area contributed by atoms with Gasteiger partial charge in [0.15, 0.2) is 0 Å². The van der Waals surface area contributed by atoms with E-state index in [4.69, 9.17) is 17.7 Å². The number of furan rings is 4. The predicted molar refractivity (Wildman–Crippen MR) is 308 cm³/mol. The SMILES string of the molecule is CC(C)c1ccc(N(c2ccc3cc4c(cc3c2)oc2cc3c(cc24)oc2cc4cc(N(c5ccc(C(C)C)cc5)c5ccc6c(c5)oc5ccccc56)ccc4cc23)c2ccc3c(c2)oc2ccccc23)cc1. The molecule has 0 aliphatic heterocycles. The van der Waals surface area contributed by atoms with E-state index < -0.39 is 0 Å². The largest absolute Gasteiger partial charge is 0.456 e. The zero-order valence-electron chi connectivity index (χ0n) is 41.3. The first-order valence-corrected chi connectivity index (χ1v) is 25.6. The number of benzene rings is 11. The van der Waals surface area contributed by atoms with Gasteiger partial charge in [-0.2, -0.15) is 0 Å². The van der Waals surface area contributed by atoms with Crippen molar-refractivity contribution in [3.8, 4) is 0 Å². The number of hydrogen-bond acceptors (Lipinski definition) is 6. The number of para-hydroxylation sites is 2. The first-order valence-electron chi connectivity index (χ1n) is 25.6. The van der Waals surface area contributed by atoms with Crippen LogP contribution < -0.4 is 9.80 Å². The lowest BCUT2D eigenvalue weighted by molar-refractivity contribution is 0.664. The maximum Gasteiger partial charge on any atom is 0.137 e. The number of hydrogen-bond donors (Lipinski definition) is 0. The lowest BCUT2D eigenvalue weighted by atomic mass is 10.0. The highest BCUT2D eigenvalue weighted by atomic mass is 16.3. The molecule has 0 aliphatic carbocycles. The van der Waals surface area contributed by atoms with Crippen LogP contribution in [0.5, 0.6) is 0 Å². The summed E-state index contributed by atoms with van der Waals surface area (Å²) in [7, 11) is 0. The van der Waals surface area contributed by atoms with Gasteiger partial charge in [0.1, 0.15) is 44.7 Å². The Morgan fingerprint density at radius 3 is 1.00 bits per heavy atom. The molecular formula is C68H48N2O4. The maximum atomic E-state index is 6.77. The van der Waals surface area contributed by atoms with Gasteiger partial charge in [-0.05, 0) is 166 Å². The summed E-state index contributed by atoms with van der Waals surface area (Å²) in [5, 5.41) is 13.0. The third kappa shape index (κ3) is 6.71. The van der Waals surface area contributed by atoms with Crippen LogP contribution in [-0.4, -0.2) is 0 Å². The molecule has 0 unspecified atom stereocenters. The molecule has 15 aromatic rings. The zero-order valence-corrected chi connectivity index (χ0v) is 41.3. The van der Waals surface area contributed by atoms with Crippen molar-refractivity contribution >= 4 is 143 Å². The minimum Gasteiger partial charge on any atom is -0.456 e. The number of anilines is 6. The van der Waals surface area contributed by atoms with Crippen molar-refractivity contribution in [3.05, 3.63) is 217 Å². The summed E-state index contributed by atoms with van der Waals surface area (Å²) in [6.07, 6.45) is 0. The molecule has 354 valence electrons. The van der Waals surface area contributed by atoms with Crippen molar-refractivity contribution in [2.45, 2.75) is 39.5 Å². The highest BCUT2D eigenvalue weighted by Gasteiger charge is 2.21. The molecule has 0 atom stereocenters. The van der Waals surface area contributed by atoms with Crippen LogP contribution in [0.15, 0.2) is 224 Å². The molecule has 0 fully saturated rings. The van der Waals surface area contributed by atoms with Crippen LogP contribution in [0.1, 0.15) is 50.7 Å².